The monoisotopic (exact) mass is 337 g/mol. The van der Waals surface area contributed by atoms with Gasteiger partial charge in [-0.3, -0.25) is 10.1 Å². The minimum Gasteiger partial charge on any atom is -0.399 e. The van der Waals surface area contributed by atoms with Gasteiger partial charge in [0.25, 0.3) is 5.91 Å². The topological polar surface area (TPSA) is 68.0 Å². The molecule has 2 aromatic rings. The molecule has 3 rings (SSSR count). The van der Waals surface area contributed by atoms with E-state index in [0.29, 0.717) is 16.4 Å². The average molecular weight is 338 g/mol. The van der Waals surface area contributed by atoms with Gasteiger partial charge in [0.15, 0.2) is 5.13 Å². The van der Waals surface area contributed by atoms with Gasteiger partial charge in [-0.25, -0.2) is 4.98 Å². The number of halogens is 1. The summed E-state index contributed by atoms with van der Waals surface area (Å²) in [6.07, 6.45) is 7.10. The summed E-state index contributed by atoms with van der Waals surface area (Å²) < 4.78 is 0. The first-order valence-electron chi connectivity index (χ1n) is 7.38. The number of benzene rings is 1. The second-order valence-corrected chi connectivity index (χ2v) is 6.47. The van der Waals surface area contributed by atoms with Crippen LogP contribution >= 0.6 is 23.7 Å². The fourth-order valence-corrected chi connectivity index (χ4v) is 3.65. The van der Waals surface area contributed by atoms with Crippen LogP contribution in [0, 0.1) is 0 Å². The molecule has 1 heterocycles. The number of nitrogen functional groups attached to an aromatic ring is 1. The molecule has 1 aliphatic rings. The number of nitrogens with zero attached hydrogens (tertiary/aromatic N) is 1. The number of anilines is 2. The van der Waals surface area contributed by atoms with Gasteiger partial charge >= 0.3 is 0 Å². The van der Waals surface area contributed by atoms with E-state index in [-0.39, 0.29) is 18.3 Å². The molecule has 3 N–H and O–H groups in total. The third-order valence-electron chi connectivity index (χ3n) is 3.71. The van der Waals surface area contributed by atoms with Crippen LogP contribution in [-0.2, 0) is 12.8 Å². The molecular formula is C16H20ClN3OS. The minimum atomic E-state index is -0.149. The number of aryl methyl sites for hydroxylation is 2. The number of rotatable bonds is 2. The highest BCUT2D eigenvalue weighted by atomic mass is 35.5. The predicted octanol–water partition coefficient (Wildman–Crippen LogP) is 4.06. The summed E-state index contributed by atoms with van der Waals surface area (Å²) in [6.45, 7) is 0. The highest BCUT2D eigenvalue weighted by Crippen LogP contribution is 2.28. The van der Waals surface area contributed by atoms with Gasteiger partial charge in [-0.15, -0.1) is 23.7 Å². The number of carbonyl (C=O) groups excluding carboxylic acids is 1. The fourth-order valence-electron chi connectivity index (χ4n) is 2.61. The van der Waals surface area contributed by atoms with Crippen LogP contribution in [0.15, 0.2) is 24.3 Å². The van der Waals surface area contributed by atoms with E-state index in [2.05, 4.69) is 10.3 Å². The molecule has 1 aromatic heterocycles. The summed E-state index contributed by atoms with van der Waals surface area (Å²) in [5, 5.41) is 3.60. The van der Waals surface area contributed by atoms with Crippen LogP contribution in [0.25, 0.3) is 0 Å². The SMILES string of the molecule is Cl.Nc1cccc(C(=O)Nc2nc3c(s2)CCCCCC3)c1. The summed E-state index contributed by atoms with van der Waals surface area (Å²) >= 11 is 1.61. The Morgan fingerprint density at radius 2 is 1.95 bits per heavy atom. The third-order valence-corrected chi connectivity index (χ3v) is 4.79. The van der Waals surface area contributed by atoms with Gasteiger partial charge in [0.1, 0.15) is 0 Å². The second kappa shape index (κ2) is 7.61. The highest BCUT2D eigenvalue weighted by Gasteiger charge is 2.15. The van der Waals surface area contributed by atoms with Crippen molar-refractivity contribution in [1.29, 1.82) is 0 Å². The molecule has 0 atom stereocenters. The lowest BCUT2D eigenvalue weighted by Crippen LogP contribution is -2.12. The summed E-state index contributed by atoms with van der Waals surface area (Å²) in [7, 11) is 0. The highest BCUT2D eigenvalue weighted by molar-refractivity contribution is 7.15. The molecule has 0 saturated heterocycles. The Labute approximate surface area is 140 Å². The molecule has 4 nitrogen and oxygen atoms in total. The van der Waals surface area contributed by atoms with Gasteiger partial charge in [0, 0.05) is 16.1 Å². The smallest absolute Gasteiger partial charge is 0.257 e. The summed E-state index contributed by atoms with van der Waals surface area (Å²) in [4.78, 5) is 18.1. The standard InChI is InChI=1S/C16H19N3OS.ClH/c17-12-7-5-6-11(10-12)15(20)19-16-18-13-8-3-1-2-4-9-14(13)21-16;/h5-7,10H,1-4,8-9,17H2,(H,18,19,20);1H. The maximum Gasteiger partial charge on any atom is 0.257 e. The molecule has 0 saturated carbocycles. The lowest BCUT2D eigenvalue weighted by molar-refractivity contribution is 0.102. The molecule has 0 unspecified atom stereocenters. The first kappa shape index (κ1) is 16.8. The largest absolute Gasteiger partial charge is 0.399 e. The number of fused-ring (bicyclic) bond motifs is 1. The molecule has 0 fully saturated rings. The molecule has 0 spiro atoms. The first-order chi connectivity index (χ1) is 10.2. The number of hydrogen-bond donors (Lipinski definition) is 2. The van der Waals surface area contributed by atoms with Crippen molar-refractivity contribution in [2.75, 3.05) is 11.1 Å². The fraction of sp³-hybridized carbons (Fsp3) is 0.375. The quantitative estimate of drug-likeness (QED) is 0.812. The summed E-state index contributed by atoms with van der Waals surface area (Å²) in [5.41, 5.74) is 8.04. The van der Waals surface area contributed by atoms with E-state index >= 15 is 0 Å². The van der Waals surface area contributed by atoms with E-state index in [0.717, 1.165) is 12.8 Å². The molecule has 118 valence electrons. The molecule has 6 heteroatoms. The number of carbonyl (C=O) groups is 1. The van der Waals surface area contributed by atoms with Crippen LogP contribution in [-0.4, -0.2) is 10.9 Å². The number of hydrogen-bond acceptors (Lipinski definition) is 4. The Bertz CT molecular complexity index is 631. The minimum absolute atomic E-state index is 0. The van der Waals surface area contributed by atoms with Crippen LogP contribution in [0.4, 0.5) is 10.8 Å². The zero-order chi connectivity index (χ0) is 14.7. The maximum atomic E-state index is 12.2. The molecule has 0 bridgehead atoms. The molecule has 1 aromatic carbocycles. The van der Waals surface area contributed by atoms with E-state index in [1.54, 1.807) is 35.6 Å². The van der Waals surface area contributed by atoms with Crippen molar-refractivity contribution in [2.45, 2.75) is 38.5 Å². The van der Waals surface area contributed by atoms with Crippen molar-refractivity contribution >= 4 is 40.5 Å². The molecule has 0 radical (unpaired) electrons. The molecule has 1 amide bonds. The van der Waals surface area contributed by atoms with E-state index in [9.17, 15) is 4.79 Å². The Morgan fingerprint density at radius 3 is 2.73 bits per heavy atom. The Hall–Kier alpha value is -1.59. The van der Waals surface area contributed by atoms with Gasteiger partial charge in [-0.1, -0.05) is 18.9 Å². The van der Waals surface area contributed by atoms with Gasteiger partial charge < -0.3 is 5.73 Å². The van der Waals surface area contributed by atoms with Crippen molar-refractivity contribution < 1.29 is 4.79 Å². The van der Waals surface area contributed by atoms with Crippen molar-refractivity contribution in [1.82, 2.24) is 4.98 Å². The number of thiazole rings is 1. The van der Waals surface area contributed by atoms with Crippen molar-refractivity contribution in [2.24, 2.45) is 0 Å². The van der Waals surface area contributed by atoms with Crippen LogP contribution in [0.5, 0.6) is 0 Å². The molecule has 22 heavy (non-hydrogen) atoms. The van der Waals surface area contributed by atoms with Crippen LogP contribution in [0.3, 0.4) is 0 Å². The number of nitrogens with two attached hydrogens (primary N) is 1. The van der Waals surface area contributed by atoms with Gasteiger partial charge in [-0.05, 0) is 43.9 Å². The summed E-state index contributed by atoms with van der Waals surface area (Å²) in [5.74, 6) is -0.149. The molecule has 1 aliphatic carbocycles. The first-order valence-corrected chi connectivity index (χ1v) is 8.19. The van der Waals surface area contributed by atoms with Crippen molar-refractivity contribution in [3.05, 3.63) is 40.4 Å². The van der Waals surface area contributed by atoms with Gasteiger partial charge in [0.2, 0.25) is 0 Å². The van der Waals surface area contributed by atoms with Gasteiger partial charge in [-0.2, -0.15) is 0 Å². The zero-order valence-corrected chi connectivity index (χ0v) is 13.9. The summed E-state index contributed by atoms with van der Waals surface area (Å²) in [6, 6.07) is 6.99. The second-order valence-electron chi connectivity index (χ2n) is 5.38. The molecular weight excluding hydrogens is 318 g/mol. The number of amides is 1. The van der Waals surface area contributed by atoms with Crippen LogP contribution < -0.4 is 11.1 Å². The predicted molar refractivity (Wildman–Crippen MR) is 94.0 cm³/mol. The average Bonchev–Trinajstić information content (AvgIpc) is 2.80. The van der Waals surface area contributed by atoms with Crippen LogP contribution in [0.2, 0.25) is 0 Å². The van der Waals surface area contributed by atoms with Crippen LogP contribution in [0.1, 0.15) is 46.6 Å². The molecule has 0 aliphatic heterocycles. The van der Waals surface area contributed by atoms with Gasteiger partial charge in [0.05, 0.1) is 5.69 Å². The van der Waals surface area contributed by atoms with Crippen molar-refractivity contribution in [3.63, 3.8) is 0 Å². The lowest BCUT2D eigenvalue weighted by Gasteiger charge is -2.06. The Morgan fingerprint density at radius 1 is 1.18 bits per heavy atom. The van der Waals surface area contributed by atoms with E-state index in [4.69, 9.17) is 5.73 Å². The lowest BCUT2D eigenvalue weighted by atomic mass is 10.0. The third kappa shape index (κ3) is 3.99. The maximum absolute atomic E-state index is 12.2. The van der Waals surface area contributed by atoms with Crippen molar-refractivity contribution in [3.8, 4) is 0 Å². The van der Waals surface area contributed by atoms with E-state index < -0.39 is 0 Å². The zero-order valence-electron chi connectivity index (χ0n) is 12.3. The van der Waals surface area contributed by atoms with E-state index in [1.807, 2.05) is 0 Å². The number of aromatic nitrogens is 1. The Kier molecular flexibility index (Phi) is 5.80. The number of nitrogens with one attached hydrogen (secondary N) is 1. The Balaban J connectivity index is 0.00000176. The van der Waals surface area contributed by atoms with E-state index in [1.165, 1.54) is 36.3 Å². The normalized spacial score (nSPS) is 14.2.